The van der Waals surface area contributed by atoms with Crippen LogP contribution in [0.25, 0.3) is 0 Å². The van der Waals surface area contributed by atoms with Gasteiger partial charge >= 0.3 is 0 Å². The summed E-state index contributed by atoms with van der Waals surface area (Å²) in [5.74, 6) is 1.36. The Bertz CT molecular complexity index is 555. The molecule has 1 rings (SSSR count). The van der Waals surface area contributed by atoms with Gasteiger partial charge in [-0.2, -0.15) is 0 Å². The smallest absolute Gasteiger partial charge is 0.154 e. The minimum Gasteiger partial charge on any atom is -0.497 e. The Morgan fingerprint density at radius 1 is 1.19 bits per heavy atom. The van der Waals surface area contributed by atoms with Gasteiger partial charge in [0.25, 0.3) is 0 Å². The van der Waals surface area contributed by atoms with Gasteiger partial charge in [0.1, 0.15) is 11.5 Å². The van der Waals surface area contributed by atoms with Crippen LogP contribution < -0.4 is 14.8 Å². The number of ether oxygens (including phenoxy) is 2. The molecule has 1 aromatic rings. The third-order valence-electron chi connectivity index (χ3n) is 3.38. The van der Waals surface area contributed by atoms with E-state index in [1.807, 2.05) is 13.0 Å². The van der Waals surface area contributed by atoms with Crippen molar-refractivity contribution in [3.05, 3.63) is 23.8 Å². The summed E-state index contributed by atoms with van der Waals surface area (Å²) in [5, 5.41) is 2.81. The molecule has 0 aliphatic rings. The highest BCUT2D eigenvalue weighted by atomic mass is 32.2. The second kappa shape index (κ2) is 7.66. The molecule has 120 valence electrons. The number of nitrogens with one attached hydrogen (secondary N) is 1. The van der Waals surface area contributed by atoms with E-state index in [0.29, 0.717) is 18.0 Å². The molecule has 0 aliphatic heterocycles. The number of hydrogen-bond acceptors (Lipinski definition) is 5. The normalized spacial score (nSPS) is 13.2. The molecule has 0 radical (unpaired) electrons. The van der Waals surface area contributed by atoms with Crippen LogP contribution in [0.1, 0.15) is 32.4 Å². The third kappa shape index (κ3) is 4.61. The van der Waals surface area contributed by atoms with Gasteiger partial charge in [-0.25, -0.2) is 8.42 Å². The largest absolute Gasteiger partial charge is 0.497 e. The first-order valence-electron chi connectivity index (χ1n) is 7.02. The average Bonchev–Trinajstić information content (AvgIpc) is 2.45. The highest BCUT2D eigenvalue weighted by Crippen LogP contribution is 2.30. The third-order valence-corrected chi connectivity index (χ3v) is 5.61. The second-order valence-electron chi connectivity index (χ2n) is 5.10. The predicted molar refractivity (Wildman–Crippen MR) is 84.9 cm³/mol. The van der Waals surface area contributed by atoms with E-state index in [2.05, 4.69) is 5.32 Å². The van der Waals surface area contributed by atoms with E-state index in [4.69, 9.17) is 9.47 Å². The van der Waals surface area contributed by atoms with Crippen molar-refractivity contribution in [3.63, 3.8) is 0 Å². The molecular formula is C15H25NO4S. The zero-order valence-electron chi connectivity index (χ0n) is 13.3. The number of rotatable bonds is 8. The number of benzene rings is 1. The predicted octanol–water partition coefficient (Wildman–Crippen LogP) is 2.18. The molecule has 1 atom stereocenters. The van der Waals surface area contributed by atoms with Crippen LogP contribution in [0.5, 0.6) is 11.5 Å². The fourth-order valence-corrected chi connectivity index (χ4v) is 3.19. The van der Waals surface area contributed by atoms with Crippen LogP contribution in [0.2, 0.25) is 0 Å². The molecule has 0 amide bonds. The number of methoxy groups -OCH3 is 2. The molecule has 1 unspecified atom stereocenters. The summed E-state index contributed by atoms with van der Waals surface area (Å²) in [7, 11) is -0.0145. The van der Waals surface area contributed by atoms with Gasteiger partial charge in [0.2, 0.25) is 0 Å². The maximum atomic E-state index is 12.2. The van der Waals surface area contributed by atoms with E-state index in [0.717, 1.165) is 5.56 Å². The summed E-state index contributed by atoms with van der Waals surface area (Å²) < 4.78 is 35.0. The van der Waals surface area contributed by atoms with Crippen LogP contribution in [0.15, 0.2) is 18.2 Å². The Morgan fingerprint density at radius 2 is 1.86 bits per heavy atom. The van der Waals surface area contributed by atoms with Gasteiger partial charge < -0.3 is 14.8 Å². The van der Waals surface area contributed by atoms with E-state index < -0.39 is 15.1 Å². The molecule has 1 aromatic carbocycles. The van der Waals surface area contributed by atoms with Crippen LogP contribution in [0.4, 0.5) is 0 Å². The van der Waals surface area contributed by atoms with Crippen molar-refractivity contribution in [3.8, 4) is 11.5 Å². The topological polar surface area (TPSA) is 64.6 Å². The first-order valence-corrected chi connectivity index (χ1v) is 8.74. The Kier molecular flexibility index (Phi) is 6.48. The molecule has 0 saturated heterocycles. The Labute approximate surface area is 127 Å². The van der Waals surface area contributed by atoms with E-state index in [9.17, 15) is 8.42 Å². The SMILES string of the molecule is CCNC(CS(=O)(=O)C(C)C)c1cc(OC)ccc1OC. The molecule has 6 heteroatoms. The van der Waals surface area contributed by atoms with Gasteiger partial charge in [-0.05, 0) is 38.6 Å². The average molecular weight is 315 g/mol. The molecule has 21 heavy (non-hydrogen) atoms. The second-order valence-corrected chi connectivity index (χ2v) is 7.70. The van der Waals surface area contributed by atoms with Gasteiger partial charge in [-0.15, -0.1) is 0 Å². The van der Waals surface area contributed by atoms with Gasteiger partial charge in [0.15, 0.2) is 9.84 Å². The maximum absolute atomic E-state index is 12.2. The molecule has 0 saturated carbocycles. The summed E-state index contributed by atoms with van der Waals surface area (Å²) in [6.07, 6.45) is 0. The molecule has 0 heterocycles. The zero-order chi connectivity index (χ0) is 16.0. The quantitative estimate of drug-likeness (QED) is 0.796. The molecule has 0 fully saturated rings. The summed E-state index contributed by atoms with van der Waals surface area (Å²) >= 11 is 0. The lowest BCUT2D eigenvalue weighted by molar-refractivity contribution is 0.392. The zero-order valence-corrected chi connectivity index (χ0v) is 14.2. The van der Waals surface area contributed by atoms with E-state index >= 15 is 0 Å². The van der Waals surface area contributed by atoms with Crippen LogP contribution in [0, 0.1) is 0 Å². The molecule has 0 bridgehead atoms. The first kappa shape index (κ1) is 17.8. The number of sulfone groups is 1. The van der Waals surface area contributed by atoms with Crippen LogP contribution >= 0.6 is 0 Å². The summed E-state index contributed by atoms with van der Waals surface area (Å²) in [5.41, 5.74) is 0.794. The van der Waals surface area contributed by atoms with E-state index in [1.54, 1.807) is 40.2 Å². The van der Waals surface area contributed by atoms with Crippen LogP contribution in [-0.4, -0.2) is 40.2 Å². The highest BCUT2D eigenvalue weighted by Gasteiger charge is 2.25. The van der Waals surface area contributed by atoms with Gasteiger partial charge in [-0.3, -0.25) is 0 Å². The Morgan fingerprint density at radius 3 is 2.33 bits per heavy atom. The number of hydrogen-bond donors (Lipinski definition) is 1. The molecular weight excluding hydrogens is 290 g/mol. The fourth-order valence-electron chi connectivity index (χ4n) is 2.04. The minimum atomic E-state index is -3.17. The minimum absolute atomic E-state index is 0.0298. The van der Waals surface area contributed by atoms with E-state index in [-0.39, 0.29) is 11.8 Å². The molecule has 0 aliphatic carbocycles. The maximum Gasteiger partial charge on any atom is 0.154 e. The molecule has 0 aromatic heterocycles. The van der Waals surface area contributed by atoms with Crippen molar-refractivity contribution in [2.24, 2.45) is 0 Å². The lowest BCUT2D eigenvalue weighted by Crippen LogP contribution is -2.31. The molecule has 5 nitrogen and oxygen atoms in total. The van der Waals surface area contributed by atoms with Gasteiger partial charge in [0, 0.05) is 11.6 Å². The van der Waals surface area contributed by atoms with Crippen molar-refractivity contribution in [2.75, 3.05) is 26.5 Å². The van der Waals surface area contributed by atoms with Crippen molar-refractivity contribution < 1.29 is 17.9 Å². The summed E-state index contributed by atoms with van der Waals surface area (Å²) in [6, 6.07) is 5.08. The van der Waals surface area contributed by atoms with E-state index in [1.165, 1.54) is 0 Å². The highest BCUT2D eigenvalue weighted by molar-refractivity contribution is 7.92. The standard InChI is InChI=1S/C15H25NO4S/c1-6-16-14(10-21(17,18)11(2)3)13-9-12(19-4)7-8-15(13)20-5/h7-9,11,14,16H,6,10H2,1-5H3. The fraction of sp³-hybridized carbons (Fsp3) is 0.600. The van der Waals surface area contributed by atoms with Crippen molar-refractivity contribution in [2.45, 2.75) is 32.1 Å². The van der Waals surface area contributed by atoms with Crippen LogP contribution in [0.3, 0.4) is 0 Å². The monoisotopic (exact) mass is 315 g/mol. The lowest BCUT2D eigenvalue weighted by atomic mass is 10.1. The van der Waals surface area contributed by atoms with Crippen LogP contribution in [-0.2, 0) is 9.84 Å². The van der Waals surface area contributed by atoms with Gasteiger partial charge in [0.05, 0.1) is 25.2 Å². The van der Waals surface area contributed by atoms with Crippen molar-refractivity contribution in [1.82, 2.24) is 5.32 Å². The van der Waals surface area contributed by atoms with Gasteiger partial charge in [-0.1, -0.05) is 6.92 Å². The van der Waals surface area contributed by atoms with Crippen molar-refractivity contribution in [1.29, 1.82) is 0 Å². The summed E-state index contributed by atoms with van der Waals surface area (Å²) in [6.45, 7) is 6.00. The first-order chi connectivity index (χ1) is 9.85. The van der Waals surface area contributed by atoms with Crippen molar-refractivity contribution >= 4 is 9.84 Å². The Balaban J connectivity index is 3.21. The summed E-state index contributed by atoms with van der Waals surface area (Å²) in [4.78, 5) is 0. The molecule has 0 spiro atoms. The molecule has 1 N–H and O–H groups in total. The lowest BCUT2D eigenvalue weighted by Gasteiger charge is -2.22. The Hall–Kier alpha value is -1.27.